The molecule has 1 saturated heterocycles. The Bertz CT molecular complexity index is 386. The van der Waals surface area contributed by atoms with Gasteiger partial charge in [0.05, 0.1) is 12.3 Å². The summed E-state index contributed by atoms with van der Waals surface area (Å²) in [5, 5.41) is 1.85. The molecule has 0 bridgehead atoms. The van der Waals surface area contributed by atoms with Crippen LogP contribution in [0, 0.1) is 5.92 Å². The molecular weight excluding hydrogens is 236 g/mol. The number of nitrogens with two attached hydrogens (primary N) is 1. The molecule has 1 amide bonds. The van der Waals surface area contributed by atoms with Crippen LogP contribution in [-0.4, -0.2) is 37.6 Å². The van der Waals surface area contributed by atoms with E-state index in [1.807, 2.05) is 12.4 Å². The first-order valence-corrected chi connectivity index (χ1v) is 6.72. The summed E-state index contributed by atoms with van der Waals surface area (Å²) < 4.78 is 5.42. The van der Waals surface area contributed by atoms with E-state index in [4.69, 9.17) is 10.5 Å². The van der Waals surface area contributed by atoms with E-state index in [1.54, 1.807) is 11.0 Å². The number of ether oxygens (including phenoxy) is 1. The Labute approximate surface area is 105 Å². The van der Waals surface area contributed by atoms with Gasteiger partial charge in [0.1, 0.15) is 4.88 Å². The molecule has 4 nitrogen and oxygen atoms in total. The first kappa shape index (κ1) is 12.4. The van der Waals surface area contributed by atoms with Crippen molar-refractivity contribution >= 4 is 22.9 Å². The lowest BCUT2D eigenvalue weighted by Crippen LogP contribution is -2.35. The van der Waals surface area contributed by atoms with Crippen LogP contribution in [0.4, 0.5) is 5.69 Å². The molecule has 1 unspecified atom stereocenters. The summed E-state index contributed by atoms with van der Waals surface area (Å²) >= 11 is 1.40. The molecule has 0 spiro atoms. The van der Waals surface area contributed by atoms with Crippen molar-refractivity contribution in [2.45, 2.75) is 12.8 Å². The summed E-state index contributed by atoms with van der Waals surface area (Å²) in [6.07, 6.45) is 2.23. The maximum atomic E-state index is 12.1. The van der Waals surface area contributed by atoms with E-state index in [0.717, 1.165) is 32.6 Å². The SMILES string of the molecule is CN(CC1CCCOC1)C(=O)c1sccc1N. The molecule has 0 saturated carbocycles. The molecule has 0 aromatic carbocycles. The van der Waals surface area contributed by atoms with Gasteiger partial charge in [-0.05, 0) is 30.2 Å². The molecule has 1 atom stereocenters. The minimum atomic E-state index is 0.0167. The van der Waals surface area contributed by atoms with Gasteiger partial charge in [-0.3, -0.25) is 4.79 Å². The number of carbonyl (C=O) groups is 1. The van der Waals surface area contributed by atoms with Crippen molar-refractivity contribution in [1.82, 2.24) is 4.90 Å². The fraction of sp³-hybridized carbons (Fsp3) is 0.583. The first-order valence-electron chi connectivity index (χ1n) is 5.84. The normalized spacial score (nSPS) is 20.2. The van der Waals surface area contributed by atoms with Gasteiger partial charge in [0.2, 0.25) is 0 Å². The standard InChI is InChI=1S/C12H18N2O2S/c1-14(7-9-3-2-5-16-8-9)12(15)11-10(13)4-6-17-11/h4,6,9H,2-3,5,7-8,13H2,1H3. The van der Waals surface area contributed by atoms with Gasteiger partial charge in [-0.2, -0.15) is 0 Å². The van der Waals surface area contributed by atoms with E-state index >= 15 is 0 Å². The molecular formula is C12H18N2O2S. The third-order valence-electron chi connectivity index (χ3n) is 3.02. The Kier molecular flexibility index (Phi) is 4.02. The molecule has 17 heavy (non-hydrogen) atoms. The van der Waals surface area contributed by atoms with Crippen molar-refractivity contribution < 1.29 is 9.53 Å². The number of thiophene rings is 1. The molecule has 2 heterocycles. The van der Waals surface area contributed by atoms with E-state index in [2.05, 4.69) is 0 Å². The van der Waals surface area contributed by atoms with Crippen LogP contribution in [0.5, 0.6) is 0 Å². The second-order valence-electron chi connectivity index (χ2n) is 4.47. The zero-order valence-electron chi connectivity index (χ0n) is 10.0. The Morgan fingerprint density at radius 3 is 3.12 bits per heavy atom. The Hall–Kier alpha value is -1.07. The van der Waals surface area contributed by atoms with Gasteiger partial charge in [-0.15, -0.1) is 11.3 Å². The molecule has 1 aliphatic heterocycles. The highest BCUT2D eigenvalue weighted by Crippen LogP contribution is 2.22. The molecule has 5 heteroatoms. The fourth-order valence-electron chi connectivity index (χ4n) is 2.09. The van der Waals surface area contributed by atoms with Gasteiger partial charge in [0.25, 0.3) is 5.91 Å². The summed E-state index contributed by atoms with van der Waals surface area (Å²) in [7, 11) is 1.83. The van der Waals surface area contributed by atoms with Crippen LogP contribution in [0.25, 0.3) is 0 Å². The van der Waals surface area contributed by atoms with Crippen molar-refractivity contribution in [3.63, 3.8) is 0 Å². The monoisotopic (exact) mass is 254 g/mol. The maximum Gasteiger partial charge on any atom is 0.265 e. The second-order valence-corrected chi connectivity index (χ2v) is 5.39. The molecule has 0 radical (unpaired) electrons. The van der Waals surface area contributed by atoms with Gasteiger partial charge in [-0.25, -0.2) is 0 Å². The lowest BCUT2D eigenvalue weighted by molar-refractivity contribution is 0.0390. The largest absolute Gasteiger partial charge is 0.397 e. The summed E-state index contributed by atoms with van der Waals surface area (Å²) in [5.41, 5.74) is 6.33. The quantitative estimate of drug-likeness (QED) is 0.895. The van der Waals surface area contributed by atoms with E-state index in [1.165, 1.54) is 11.3 Å². The van der Waals surface area contributed by atoms with Gasteiger partial charge in [-0.1, -0.05) is 0 Å². The Morgan fingerprint density at radius 1 is 1.71 bits per heavy atom. The molecule has 1 fully saturated rings. The predicted octanol–water partition coefficient (Wildman–Crippen LogP) is 1.83. The van der Waals surface area contributed by atoms with Crippen LogP contribution < -0.4 is 5.73 Å². The van der Waals surface area contributed by atoms with Crippen molar-refractivity contribution in [3.05, 3.63) is 16.3 Å². The van der Waals surface area contributed by atoms with E-state index < -0.39 is 0 Å². The molecule has 1 aromatic heterocycles. The number of anilines is 1. The number of nitrogens with zero attached hydrogens (tertiary/aromatic N) is 1. The van der Waals surface area contributed by atoms with Crippen molar-refractivity contribution in [1.29, 1.82) is 0 Å². The zero-order chi connectivity index (χ0) is 12.3. The highest BCUT2D eigenvalue weighted by atomic mass is 32.1. The summed E-state index contributed by atoms with van der Waals surface area (Å²) in [5.74, 6) is 0.474. The zero-order valence-corrected chi connectivity index (χ0v) is 10.8. The molecule has 94 valence electrons. The highest BCUT2D eigenvalue weighted by molar-refractivity contribution is 7.12. The van der Waals surface area contributed by atoms with Crippen molar-refractivity contribution in [3.8, 4) is 0 Å². The molecule has 1 aromatic rings. The smallest absolute Gasteiger partial charge is 0.265 e. The van der Waals surface area contributed by atoms with Crippen LogP contribution >= 0.6 is 11.3 Å². The third kappa shape index (κ3) is 2.98. The lowest BCUT2D eigenvalue weighted by atomic mass is 10.0. The maximum absolute atomic E-state index is 12.1. The molecule has 2 N–H and O–H groups in total. The number of hydrogen-bond donors (Lipinski definition) is 1. The first-order chi connectivity index (χ1) is 8.18. The third-order valence-corrected chi connectivity index (χ3v) is 3.94. The van der Waals surface area contributed by atoms with Gasteiger partial charge in [0, 0.05) is 20.2 Å². The molecule has 0 aliphatic carbocycles. The van der Waals surface area contributed by atoms with Crippen LogP contribution in [0.1, 0.15) is 22.5 Å². The van der Waals surface area contributed by atoms with Gasteiger partial charge in [0.15, 0.2) is 0 Å². The van der Waals surface area contributed by atoms with Crippen LogP contribution in [0.15, 0.2) is 11.4 Å². The number of nitrogen functional groups attached to an aromatic ring is 1. The topological polar surface area (TPSA) is 55.6 Å². The van der Waals surface area contributed by atoms with E-state index in [9.17, 15) is 4.79 Å². The summed E-state index contributed by atoms with van der Waals surface area (Å²) in [4.78, 5) is 14.5. The van der Waals surface area contributed by atoms with Gasteiger partial charge < -0.3 is 15.4 Å². The molecule has 1 aliphatic rings. The summed E-state index contributed by atoms with van der Waals surface area (Å²) in [6.45, 7) is 2.36. The highest BCUT2D eigenvalue weighted by Gasteiger charge is 2.21. The van der Waals surface area contributed by atoms with E-state index in [0.29, 0.717) is 16.5 Å². The van der Waals surface area contributed by atoms with Gasteiger partial charge >= 0.3 is 0 Å². The number of amides is 1. The van der Waals surface area contributed by atoms with E-state index in [-0.39, 0.29) is 5.91 Å². The van der Waals surface area contributed by atoms with Crippen LogP contribution in [0.2, 0.25) is 0 Å². The molecule has 2 rings (SSSR count). The second kappa shape index (κ2) is 5.51. The number of hydrogen-bond acceptors (Lipinski definition) is 4. The Balaban J connectivity index is 1.93. The van der Waals surface area contributed by atoms with Crippen LogP contribution in [-0.2, 0) is 4.74 Å². The van der Waals surface area contributed by atoms with Crippen molar-refractivity contribution in [2.75, 3.05) is 32.5 Å². The number of carbonyl (C=O) groups excluding carboxylic acids is 1. The fourth-order valence-corrected chi connectivity index (χ4v) is 2.90. The predicted molar refractivity (Wildman–Crippen MR) is 69.2 cm³/mol. The lowest BCUT2D eigenvalue weighted by Gasteiger charge is -2.27. The van der Waals surface area contributed by atoms with Crippen LogP contribution in [0.3, 0.4) is 0 Å². The average molecular weight is 254 g/mol. The average Bonchev–Trinajstić information content (AvgIpc) is 2.76. The minimum absolute atomic E-state index is 0.0167. The minimum Gasteiger partial charge on any atom is -0.397 e. The Morgan fingerprint density at radius 2 is 2.53 bits per heavy atom. The number of rotatable bonds is 3. The van der Waals surface area contributed by atoms with Crippen molar-refractivity contribution in [2.24, 2.45) is 5.92 Å². The summed E-state index contributed by atoms with van der Waals surface area (Å²) in [6, 6.07) is 1.77.